The van der Waals surface area contributed by atoms with Crippen LogP contribution in [0.3, 0.4) is 0 Å². The summed E-state index contributed by atoms with van der Waals surface area (Å²) in [6.07, 6.45) is 1.25. The van der Waals surface area contributed by atoms with Gasteiger partial charge in [-0.1, -0.05) is 6.07 Å². The number of carbonyl (C=O) groups excluding carboxylic acids is 3. The molecule has 1 aliphatic heterocycles. The van der Waals surface area contributed by atoms with E-state index in [-0.39, 0.29) is 24.1 Å². The average molecular weight is 369 g/mol. The van der Waals surface area contributed by atoms with Crippen molar-refractivity contribution in [3.8, 4) is 0 Å². The van der Waals surface area contributed by atoms with Crippen LogP contribution in [0, 0.1) is 13.8 Å². The van der Waals surface area contributed by atoms with Crippen LogP contribution in [0.5, 0.6) is 0 Å². The van der Waals surface area contributed by atoms with Gasteiger partial charge >= 0.3 is 0 Å². The van der Waals surface area contributed by atoms with E-state index < -0.39 is 0 Å². The molecule has 0 spiro atoms. The second-order valence-electron chi connectivity index (χ2n) is 6.67. The van der Waals surface area contributed by atoms with E-state index in [0.29, 0.717) is 37.6 Å². The fraction of sp³-hybridized carbons (Fsp3) is 0.350. The van der Waals surface area contributed by atoms with Gasteiger partial charge in [-0.3, -0.25) is 14.4 Å². The summed E-state index contributed by atoms with van der Waals surface area (Å²) in [5.41, 5.74) is 2.91. The number of aryl methyl sites for hydroxylation is 2. The molecule has 1 aliphatic rings. The molecule has 0 unspecified atom stereocenters. The molecule has 142 valence electrons. The Morgan fingerprint density at radius 3 is 2.33 bits per heavy atom. The molecule has 0 atom stereocenters. The lowest BCUT2D eigenvalue weighted by Gasteiger charge is -2.34. The number of rotatable bonds is 4. The number of benzene rings is 1. The van der Waals surface area contributed by atoms with Gasteiger partial charge in [-0.05, 0) is 49.2 Å². The van der Waals surface area contributed by atoms with E-state index in [1.165, 1.54) is 6.26 Å². The molecular weight excluding hydrogens is 346 g/mol. The van der Waals surface area contributed by atoms with Crippen molar-refractivity contribution in [3.05, 3.63) is 53.5 Å². The van der Waals surface area contributed by atoms with Crippen LogP contribution in [0.4, 0.5) is 5.69 Å². The summed E-state index contributed by atoms with van der Waals surface area (Å²) in [5, 5.41) is 2.76. The lowest BCUT2D eigenvalue weighted by molar-refractivity contribution is -0.135. The average Bonchev–Trinajstić information content (AvgIpc) is 3.19. The molecule has 3 amide bonds. The summed E-state index contributed by atoms with van der Waals surface area (Å²) < 4.78 is 5.12. The third-order valence-corrected chi connectivity index (χ3v) is 4.75. The first kappa shape index (κ1) is 18.7. The third kappa shape index (κ3) is 4.55. The van der Waals surface area contributed by atoms with Gasteiger partial charge in [0.1, 0.15) is 6.42 Å². The minimum Gasteiger partial charge on any atom is -0.459 e. The molecule has 0 saturated carbocycles. The van der Waals surface area contributed by atoms with E-state index in [0.717, 1.165) is 11.1 Å². The maximum Gasteiger partial charge on any atom is 0.289 e. The molecule has 3 rings (SSSR count). The second kappa shape index (κ2) is 8.07. The van der Waals surface area contributed by atoms with Crippen molar-refractivity contribution in [2.75, 3.05) is 31.5 Å². The standard InChI is InChI=1S/C20H23N3O4/c1-14-5-6-16(12-15(14)2)21-18(24)13-19(25)22-7-9-23(10-8-22)20(26)17-4-3-11-27-17/h3-6,11-12H,7-10,13H2,1-2H3,(H,21,24). The highest BCUT2D eigenvalue weighted by Gasteiger charge is 2.26. The summed E-state index contributed by atoms with van der Waals surface area (Å²) in [6.45, 7) is 5.62. The number of hydrogen-bond acceptors (Lipinski definition) is 4. The van der Waals surface area contributed by atoms with Crippen LogP contribution < -0.4 is 5.32 Å². The Bertz CT molecular complexity index is 837. The number of carbonyl (C=O) groups is 3. The quantitative estimate of drug-likeness (QED) is 0.838. The molecule has 2 heterocycles. The Labute approximate surface area is 157 Å². The van der Waals surface area contributed by atoms with Crippen molar-refractivity contribution in [3.63, 3.8) is 0 Å². The fourth-order valence-electron chi connectivity index (χ4n) is 2.99. The number of furan rings is 1. The molecule has 1 aromatic carbocycles. The molecular formula is C20H23N3O4. The highest BCUT2D eigenvalue weighted by Crippen LogP contribution is 2.15. The molecule has 1 fully saturated rings. The second-order valence-corrected chi connectivity index (χ2v) is 6.67. The number of amides is 3. The van der Waals surface area contributed by atoms with E-state index in [1.807, 2.05) is 32.0 Å². The molecule has 27 heavy (non-hydrogen) atoms. The molecule has 0 bridgehead atoms. The first-order chi connectivity index (χ1) is 12.9. The van der Waals surface area contributed by atoms with Crippen molar-refractivity contribution < 1.29 is 18.8 Å². The van der Waals surface area contributed by atoms with E-state index >= 15 is 0 Å². The van der Waals surface area contributed by atoms with Crippen LogP contribution in [0.1, 0.15) is 28.1 Å². The Morgan fingerprint density at radius 2 is 1.70 bits per heavy atom. The molecule has 7 heteroatoms. The highest BCUT2D eigenvalue weighted by atomic mass is 16.3. The monoisotopic (exact) mass is 369 g/mol. The van der Waals surface area contributed by atoms with Crippen LogP contribution in [-0.2, 0) is 9.59 Å². The number of nitrogens with one attached hydrogen (secondary N) is 1. The van der Waals surface area contributed by atoms with Gasteiger partial charge in [0, 0.05) is 31.9 Å². The van der Waals surface area contributed by atoms with Crippen molar-refractivity contribution in [1.82, 2.24) is 9.80 Å². The Kier molecular flexibility index (Phi) is 5.59. The summed E-state index contributed by atoms with van der Waals surface area (Å²) in [5.74, 6) is -0.457. The van der Waals surface area contributed by atoms with Crippen molar-refractivity contribution in [2.45, 2.75) is 20.3 Å². The summed E-state index contributed by atoms with van der Waals surface area (Å²) in [7, 11) is 0. The SMILES string of the molecule is Cc1ccc(NC(=O)CC(=O)N2CCN(C(=O)c3ccco3)CC2)cc1C. The van der Waals surface area contributed by atoms with Crippen LogP contribution in [0.25, 0.3) is 0 Å². The lowest BCUT2D eigenvalue weighted by atomic mass is 10.1. The molecule has 1 N–H and O–H groups in total. The number of nitrogens with zero attached hydrogens (tertiary/aromatic N) is 2. The van der Waals surface area contributed by atoms with Crippen molar-refractivity contribution in [2.24, 2.45) is 0 Å². The molecule has 0 aliphatic carbocycles. The number of anilines is 1. The maximum absolute atomic E-state index is 12.4. The largest absolute Gasteiger partial charge is 0.459 e. The lowest BCUT2D eigenvalue weighted by Crippen LogP contribution is -2.51. The van der Waals surface area contributed by atoms with Gasteiger partial charge in [-0.2, -0.15) is 0 Å². The fourth-order valence-corrected chi connectivity index (χ4v) is 2.99. The zero-order valence-corrected chi connectivity index (χ0v) is 15.5. The maximum atomic E-state index is 12.4. The normalized spacial score (nSPS) is 14.1. The molecule has 7 nitrogen and oxygen atoms in total. The minimum absolute atomic E-state index is 0.181. The number of hydrogen-bond donors (Lipinski definition) is 1. The molecule has 0 radical (unpaired) electrons. The van der Waals surface area contributed by atoms with Gasteiger partial charge < -0.3 is 19.5 Å². The van der Waals surface area contributed by atoms with Crippen LogP contribution in [0.15, 0.2) is 41.0 Å². The van der Waals surface area contributed by atoms with Crippen LogP contribution >= 0.6 is 0 Å². The predicted octanol–water partition coefficient (Wildman–Crippen LogP) is 2.21. The third-order valence-electron chi connectivity index (χ3n) is 4.75. The zero-order chi connectivity index (χ0) is 19.4. The highest BCUT2D eigenvalue weighted by molar-refractivity contribution is 6.03. The van der Waals surface area contributed by atoms with Gasteiger partial charge in [-0.25, -0.2) is 0 Å². The van der Waals surface area contributed by atoms with Crippen molar-refractivity contribution >= 4 is 23.4 Å². The van der Waals surface area contributed by atoms with Crippen molar-refractivity contribution in [1.29, 1.82) is 0 Å². The smallest absolute Gasteiger partial charge is 0.289 e. The van der Waals surface area contributed by atoms with Gasteiger partial charge in [0.2, 0.25) is 11.8 Å². The van der Waals surface area contributed by atoms with Gasteiger partial charge in [0.05, 0.1) is 6.26 Å². The Balaban J connectivity index is 1.48. The zero-order valence-electron chi connectivity index (χ0n) is 15.5. The van der Waals surface area contributed by atoms with Gasteiger partial charge in [0.25, 0.3) is 5.91 Å². The predicted molar refractivity (Wildman–Crippen MR) is 100 cm³/mol. The van der Waals surface area contributed by atoms with Gasteiger partial charge in [0.15, 0.2) is 5.76 Å². The minimum atomic E-state index is -0.336. The summed E-state index contributed by atoms with van der Waals surface area (Å²) in [4.78, 5) is 40.0. The first-order valence-corrected chi connectivity index (χ1v) is 8.91. The van der Waals surface area contributed by atoms with E-state index in [4.69, 9.17) is 4.42 Å². The van der Waals surface area contributed by atoms with Gasteiger partial charge in [-0.15, -0.1) is 0 Å². The first-order valence-electron chi connectivity index (χ1n) is 8.91. The number of piperazine rings is 1. The van der Waals surface area contributed by atoms with E-state index in [1.54, 1.807) is 21.9 Å². The van der Waals surface area contributed by atoms with E-state index in [9.17, 15) is 14.4 Å². The Morgan fingerprint density at radius 1 is 1.00 bits per heavy atom. The molecule has 2 aromatic rings. The Hall–Kier alpha value is -3.09. The van der Waals surface area contributed by atoms with Crippen LogP contribution in [-0.4, -0.2) is 53.7 Å². The molecule has 1 saturated heterocycles. The topological polar surface area (TPSA) is 82.9 Å². The van der Waals surface area contributed by atoms with Crippen LogP contribution in [0.2, 0.25) is 0 Å². The summed E-state index contributed by atoms with van der Waals surface area (Å²) in [6, 6.07) is 8.93. The summed E-state index contributed by atoms with van der Waals surface area (Å²) >= 11 is 0. The van der Waals surface area contributed by atoms with E-state index in [2.05, 4.69) is 5.32 Å². The molecule has 1 aromatic heterocycles.